The number of aromatic nitrogens is 2. The summed E-state index contributed by atoms with van der Waals surface area (Å²) in [6.07, 6.45) is 2.75. The van der Waals surface area contributed by atoms with E-state index in [4.69, 9.17) is 4.74 Å². The van der Waals surface area contributed by atoms with Gasteiger partial charge in [-0.15, -0.1) is 0 Å². The average molecular weight is 350 g/mol. The molecular formula is C17H26N4O2S. The maximum Gasteiger partial charge on any atom is 0.233 e. The molecule has 1 aromatic heterocycles. The highest BCUT2D eigenvalue weighted by Crippen LogP contribution is 2.17. The lowest BCUT2D eigenvalue weighted by Crippen LogP contribution is -2.50. The summed E-state index contributed by atoms with van der Waals surface area (Å²) in [5.41, 5.74) is 1.89. The van der Waals surface area contributed by atoms with Crippen LogP contribution in [0, 0.1) is 13.8 Å². The molecule has 0 saturated carbocycles. The smallest absolute Gasteiger partial charge is 0.233 e. The van der Waals surface area contributed by atoms with Crippen LogP contribution in [0.3, 0.4) is 0 Å². The molecule has 1 unspecified atom stereocenters. The van der Waals surface area contributed by atoms with Crippen LogP contribution in [-0.2, 0) is 9.53 Å². The standard InChI is InChI=1S/C17H26N4O2S/c1-13-10-14(2)19-17(18-13)24-12-16(22)21-7-5-20(6-8-21)11-15-4-3-9-23-15/h10,15H,3-9,11-12H2,1-2H3. The summed E-state index contributed by atoms with van der Waals surface area (Å²) < 4.78 is 5.70. The Morgan fingerprint density at radius 3 is 2.58 bits per heavy atom. The highest BCUT2D eigenvalue weighted by molar-refractivity contribution is 7.99. The molecule has 1 aromatic rings. The topological polar surface area (TPSA) is 58.6 Å². The SMILES string of the molecule is Cc1cc(C)nc(SCC(=O)N2CCN(CC3CCCO3)CC2)n1. The molecule has 24 heavy (non-hydrogen) atoms. The van der Waals surface area contributed by atoms with Gasteiger partial charge in [0.1, 0.15) is 0 Å². The largest absolute Gasteiger partial charge is 0.377 e. The molecule has 2 aliphatic heterocycles. The van der Waals surface area contributed by atoms with Crippen LogP contribution in [0.2, 0.25) is 0 Å². The van der Waals surface area contributed by atoms with Crippen molar-refractivity contribution in [3.8, 4) is 0 Å². The molecule has 3 rings (SSSR count). The summed E-state index contributed by atoms with van der Waals surface area (Å²) in [4.78, 5) is 25.5. The summed E-state index contributed by atoms with van der Waals surface area (Å²) in [5, 5.41) is 0.692. The zero-order valence-electron chi connectivity index (χ0n) is 14.5. The van der Waals surface area contributed by atoms with E-state index in [1.165, 1.54) is 24.6 Å². The fraction of sp³-hybridized carbons (Fsp3) is 0.706. The first-order valence-corrected chi connectivity index (χ1v) is 9.65. The third-order valence-electron chi connectivity index (χ3n) is 4.50. The molecule has 6 nitrogen and oxygen atoms in total. The van der Waals surface area contributed by atoms with Crippen LogP contribution in [0.5, 0.6) is 0 Å². The predicted octanol–water partition coefficient (Wildman–Crippen LogP) is 1.51. The summed E-state index contributed by atoms with van der Waals surface area (Å²) in [5.74, 6) is 0.591. The van der Waals surface area contributed by atoms with E-state index >= 15 is 0 Å². The summed E-state index contributed by atoms with van der Waals surface area (Å²) >= 11 is 1.43. The van der Waals surface area contributed by atoms with Gasteiger partial charge in [-0.3, -0.25) is 9.69 Å². The fourth-order valence-electron chi connectivity index (χ4n) is 3.23. The molecule has 7 heteroatoms. The lowest BCUT2D eigenvalue weighted by Gasteiger charge is -2.35. The van der Waals surface area contributed by atoms with E-state index < -0.39 is 0 Å². The second-order valence-corrected chi connectivity index (χ2v) is 7.48. The first-order chi connectivity index (χ1) is 11.6. The van der Waals surface area contributed by atoms with Crippen molar-refractivity contribution < 1.29 is 9.53 Å². The highest BCUT2D eigenvalue weighted by Gasteiger charge is 2.24. The maximum atomic E-state index is 12.4. The molecule has 1 amide bonds. The molecule has 0 radical (unpaired) electrons. The minimum Gasteiger partial charge on any atom is -0.377 e. The lowest BCUT2D eigenvalue weighted by atomic mass is 10.2. The molecule has 0 spiro atoms. The van der Waals surface area contributed by atoms with E-state index in [2.05, 4.69) is 14.9 Å². The zero-order valence-corrected chi connectivity index (χ0v) is 15.3. The lowest BCUT2D eigenvalue weighted by molar-refractivity contribution is -0.130. The van der Waals surface area contributed by atoms with Crippen molar-refractivity contribution in [3.05, 3.63) is 17.5 Å². The Balaban J connectivity index is 1.41. The Morgan fingerprint density at radius 1 is 1.25 bits per heavy atom. The summed E-state index contributed by atoms with van der Waals surface area (Å²) in [6.45, 7) is 9.31. The van der Waals surface area contributed by atoms with Gasteiger partial charge in [0, 0.05) is 50.7 Å². The van der Waals surface area contributed by atoms with Gasteiger partial charge in [0.05, 0.1) is 11.9 Å². The molecule has 0 N–H and O–H groups in total. The van der Waals surface area contributed by atoms with Gasteiger partial charge in [0.25, 0.3) is 0 Å². The minimum absolute atomic E-state index is 0.180. The van der Waals surface area contributed by atoms with Crippen molar-refractivity contribution >= 4 is 17.7 Å². The number of hydrogen-bond acceptors (Lipinski definition) is 6. The van der Waals surface area contributed by atoms with E-state index in [1.807, 2.05) is 24.8 Å². The van der Waals surface area contributed by atoms with Gasteiger partial charge >= 0.3 is 0 Å². The monoisotopic (exact) mass is 350 g/mol. The molecule has 0 aliphatic carbocycles. The Kier molecular flexibility index (Phi) is 6.08. The van der Waals surface area contributed by atoms with Gasteiger partial charge in [0.15, 0.2) is 5.16 Å². The molecule has 0 aromatic carbocycles. The number of hydrogen-bond donors (Lipinski definition) is 0. The van der Waals surface area contributed by atoms with Gasteiger partial charge in [-0.1, -0.05) is 11.8 Å². The van der Waals surface area contributed by atoms with Crippen molar-refractivity contribution in [1.82, 2.24) is 19.8 Å². The molecule has 2 fully saturated rings. The average Bonchev–Trinajstić information content (AvgIpc) is 3.05. The zero-order chi connectivity index (χ0) is 16.9. The van der Waals surface area contributed by atoms with Crippen LogP contribution >= 0.6 is 11.8 Å². The van der Waals surface area contributed by atoms with Crippen molar-refractivity contribution in [2.24, 2.45) is 0 Å². The third-order valence-corrected chi connectivity index (χ3v) is 5.33. The highest BCUT2D eigenvalue weighted by atomic mass is 32.2. The molecule has 2 saturated heterocycles. The van der Waals surface area contributed by atoms with Crippen LogP contribution in [-0.4, -0.2) is 76.9 Å². The quantitative estimate of drug-likeness (QED) is 0.593. The second kappa shape index (κ2) is 8.27. The minimum atomic E-state index is 0.180. The molecule has 3 heterocycles. The van der Waals surface area contributed by atoms with Crippen molar-refractivity contribution in [2.75, 3.05) is 45.1 Å². The Labute approximate surface area is 148 Å². The van der Waals surface area contributed by atoms with Crippen molar-refractivity contribution in [3.63, 3.8) is 0 Å². The van der Waals surface area contributed by atoms with Gasteiger partial charge in [-0.25, -0.2) is 9.97 Å². The first-order valence-electron chi connectivity index (χ1n) is 8.67. The number of ether oxygens (including phenoxy) is 1. The third kappa shape index (κ3) is 4.91. The van der Waals surface area contributed by atoms with Gasteiger partial charge < -0.3 is 9.64 Å². The predicted molar refractivity (Wildman–Crippen MR) is 94.2 cm³/mol. The van der Waals surface area contributed by atoms with E-state index in [-0.39, 0.29) is 5.91 Å². The number of thioether (sulfide) groups is 1. The maximum absolute atomic E-state index is 12.4. The second-order valence-electron chi connectivity index (χ2n) is 6.54. The summed E-state index contributed by atoms with van der Waals surface area (Å²) in [7, 11) is 0. The van der Waals surface area contributed by atoms with Gasteiger partial charge in [-0.2, -0.15) is 0 Å². The van der Waals surface area contributed by atoms with Crippen LogP contribution in [0.4, 0.5) is 0 Å². The van der Waals surface area contributed by atoms with Gasteiger partial charge in [0.2, 0.25) is 5.91 Å². The van der Waals surface area contributed by atoms with Crippen molar-refractivity contribution in [2.45, 2.75) is 37.9 Å². The van der Waals surface area contributed by atoms with Crippen molar-refractivity contribution in [1.29, 1.82) is 0 Å². The van der Waals surface area contributed by atoms with E-state index in [0.29, 0.717) is 17.0 Å². The molecule has 0 bridgehead atoms. The fourth-order valence-corrected chi connectivity index (χ4v) is 4.08. The van der Waals surface area contributed by atoms with E-state index in [9.17, 15) is 4.79 Å². The number of carbonyl (C=O) groups is 1. The van der Waals surface area contributed by atoms with Crippen LogP contribution in [0.1, 0.15) is 24.2 Å². The molecule has 132 valence electrons. The number of rotatable bonds is 5. The molecule has 1 atom stereocenters. The molecule has 2 aliphatic rings. The van der Waals surface area contributed by atoms with Crippen LogP contribution in [0.15, 0.2) is 11.2 Å². The normalized spacial score (nSPS) is 22.1. The number of aryl methyl sites for hydroxylation is 2. The molecular weight excluding hydrogens is 324 g/mol. The number of piperazine rings is 1. The Bertz CT molecular complexity index is 549. The van der Waals surface area contributed by atoms with Crippen LogP contribution < -0.4 is 0 Å². The van der Waals surface area contributed by atoms with E-state index in [1.54, 1.807) is 0 Å². The Hall–Kier alpha value is -1.18. The number of carbonyl (C=O) groups excluding carboxylic acids is 1. The number of amides is 1. The summed E-state index contributed by atoms with van der Waals surface area (Å²) in [6, 6.07) is 1.94. The van der Waals surface area contributed by atoms with Gasteiger partial charge in [-0.05, 0) is 32.8 Å². The van der Waals surface area contributed by atoms with E-state index in [0.717, 1.165) is 50.7 Å². The van der Waals surface area contributed by atoms with Crippen LogP contribution in [0.25, 0.3) is 0 Å². The number of nitrogens with zero attached hydrogens (tertiary/aromatic N) is 4. The first kappa shape index (κ1) is 17.6. The Morgan fingerprint density at radius 2 is 1.96 bits per heavy atom.